The predicted octanol–water partition coefficient (Wildman–Crippen LogP) is 3.11. The SMILES string of the molecule is COc1ccc(Cl)cc1NC(=O)CCNC(=O)c1ccccc1. The summed E-state index contributed by atoms with van der Waals surface area (Å²) < 4.78 is 5.16. The van der Waals surface area contributed by atoms with Crippen LogP contribution in [0.1, 0.15) is 16.8 Å². The summed E-state index contributed by atoms with van der Waals surface area (Å²) >= 11 is 5.91. The topological polar surface area (TPSA) is 67.4 Å². The highest BCUT2D eigenvalue weighted by Crippen LogP contribution is 2.27. The van der Waals surface area contributed by atoms with E-state index < -0.39 is 0 Å². The summed E-state index contributed by atoms with van der Waals surface area (Å²) in [5, 5.41) is 5.91. The van der Waals surface area contributed by atoms with Crippen LogP contribution in [0.3, 0.4) is 0 Å². The summed E-state index contributed by atoms with van der Waals surface area (Å²) in [6, 6.07) is 13.8. The summed E-state index contributed by atoms with van der Waals surface area (Å²) in [5.74, 6) is 0.0775. The quantitative estimate of drug-likeness (QED) is 0.854. The van der Waals surface area contributed by atoms with Gasteiger partial charge in [0, 0.05) is 23.6 Å². The molecule has 0 aliphatic heterocycles. The van der Waals surface area contributed by atoms with Gasteiger partial charge in [-0.05, 0) is 30.3 Å². The van der Waals surface area contributed by atoms with Crippen molar-refractivity contribution in [3.05, 3.63) is 59.1 Å². The lowest BCUT2D eigenvalue weighted by atomic mass is 10.2. The standard InChI is InChI=1S/C17H17ClN2O3/c1-23-15-8-7-13(18)11-14(15)20-16(21)9-10-19-17(22)12-5-3-2-4-6-12/h2-8,11H,9-10H2,1H3,(H,19,22)(H,20,21). The van der Waals surface area contributed by atoms with Crippen molar-refractivity contribution in [3.8, 4) is 5.75 Å². The van der Waals surface area contributed by atoms with Crippen molar-refractivity contribution in [1.29, 1.82) is 0 Å². The van der Waals surface area contributed by atoms with E-state index in [2.05, 4.69) is 10.6 Å². The van der Waals surface area contributed by atoms with Crippen LogP contribution in [0.5, 0.6) is 5.75 Å². The van der Waals surface area contributed by atoms with Gasteiger partial charge in [-0.25, -0.2) is 0 Å². The Kier molecular flexibility index (Phi) is 6.00. The Hall–Kier alpha value is -2.53. The summed E-state index contributed by atoms with van der Waals surface area (Å²) in [6.45, 7) is 0.239. The number of halogens is 1. The third-order valence-corrected chi connectivity index (χ3v) is 3.34. The fourth-order valence-corrected chi connectivity index (χ4v) is 2.14. The molecule has 23 heavy (non-hydrogen) atoms. The maximum atomic E-state index is 11.9. The van der Waals surface area contributed by atoms with E-state index in [9.17, 15) is 9.59 Å². The third kappa shape index (κ3) is 5.00. The zero-order valence-corrected chi connectivity index (χ0v) is 13.4. The van der Waals surface area contributed by atoms with Crippen molar-refractivity contribution in [2.75, 3.05) is 19.0 Å². The molecule has 0 fully saturated rings. The van der Waals surface area contributed by atoms with Gasteiger partial charge in [0.1, 0.15) is 5.75 Å². The highest BCUT2D eigenvalue weighted by Gasteiger charge is 2.09. The van der Waals surface area contributed by atoms with Gasteiger partial charge < -0.3 is 15.4 Å². The fourth-order valence-electron chi connectivity index (χ4n) is 1.97. The Morgan fingerprint density at radius 3 is 2.57 bits per heavy atom. The highest BCUT2D eigenvalue weighted by atomic mass is 35.5. The van der Waals surface area contributed by atoms with Gasteiger partial charge in [-0.3, -0.25) is 9.59 Å². The molecule has 0 spiro atoms. The second-order valence-corrected chi connectivity index (χ2v) is 5.20. The number of carbonyl (C=O) groups is 2. The normalized spacial score (nSPS) is 10.0. The molecule has 0 radical (unpaired) electrons. The zero-order valence-electron chi connectivity index (χ0n) is 12.6. The van der Waals surface area contributed by atoms with Gasteiger partial charge in [0.25, 0.3) is 5.91 Å². The lowest BCUT2D eigenvalue weighted by molar-refractivity contribution is -0.116. The first-order valence-electron chi connectivity index (χ1n) is 7.07. The van der Waals surface area contributed by atoms with E-state index >= 15 is 0 Å². The molecule has 0 aliphatic carbocycles. The number of carbonyl (C=O) groups excluding carboxylic acids is 2. The van der Waals surface area contributed by atoms with E-state index in [0.29, 0.717) is 22.0 Å². The van der Waals surface area contributed by atoms with Crippen LogP contribution in [0.2, 0.25) is 5.02 Å². The fraction of sp³-hybridized carbons (Fsp3) is 0.176. The molecule has 0 bridgehead atoms. The summed E-state index contributed by atoms with van der Waals surface area (Å²) in [7, 11) is 1.51. The van der Waals surface area contributed by atoms with E-state index in [0.717, 1.165) is 0 Å². The number of rotatable bonds is 6. The van der Waals surface area contributed by atoms with Crippen molar-refractivity contribution in [1.82, 2.24) is 5.32 Å². The average Bonchev–Trinajstić information content (AvgIpc) is 2.56. The molecular formula is C17H17ClN2O3. The van der Waals surface area contributed by atoms with Crippen LogP contribution >= 0.6 is 11.6 Å². The van der Waals surface area contributed by atoms with Crippen molar-refractivity contribution >= 4 is 29.1 Å². The van der Waals surface area contributed by atoms with Crippen LogP contribution in [-0.4, -0.2) is 25.5 Å². The molecule has 6 heteroatoms. The molecule has 2 N–H and O–H groups in total. The molecule has 2 aromatic rings. The van der Waals surface area contributed by atoms with Crippen LogP contribution in [0.15, 0.2) is 48.5 Å². The first-order chi connectivity index (χ1) is 11.1. The molecule has 2 amide bonds. The number of amides is 2. The van der Waals surface area contributed by atoms with Crippen molar-refractivity contribution in [2.24, 2.45) is 0 Å². The second-order valence-electron chi connectivity index (χ2n) is 4.76. The molecule has 0 heterocycles. The Labute approximate surface area is 139 Å². The van der Waals surface area contributed by atoms with E-state index in [1.807, 2.05) is 6.07 Å². The Morgan fingerprint density at radius 1 is 1.13 bits per heavy atom. The van der Waals surface area contributed by atoms with Gasteiger partial charge in [0.05, 0.1) is 12.8 Å². The molecule has 0 aromatic heterocycles. The molecule has 0 saturated heterocycles. The van der Waals surface area contributed by atoms with Crippen molar-refractivity contribution in [3.63, 3.8) is 0 Å². The second kappa shape index (κ2) is 8.19. The number of hydrogen-bond acceptors (Lipinski definition) is 3. The van der Waals surface area contributed by atoms with Crippen LogP contribution in [0.25, 0.3) is 0 Å². The molecule has 0 atom stereocenters. The van der Waals surface area contributed by atoms with Crippen molar-refractivity contribution in [2.45, 2.75) is 6.42 Å². The minimum atomic E-state index is -0.237. The summed E-state index contributed by atoms with van der Waals surface area (Å²) in [6.07, 6.45) is 0.147. The maximum Gasteiger partial charge on any atom is 0.251 e. The van der Waals surface area contributed by atoms with E-state index in [1.54, 1.807) is 42.5 Å². The van der Waals surface area contributed by atoms with Gasteiger partial charge in [-0.1, -0.05) is 29.8 Å². The van der Waals surface area contributed by atoms with Gasteiger partial charge in [-0.15, -0.1) is 0 Å². The minimum Gasteiger partial charge on any atom is -0.495 e. The average molecular weight is 333 g/mol. The highest BCUT2D eigenvalue weighted by molar-refractivity contribution is 6.31. The minimum absolute atomic E-state index is 0.147. The van der Waals surface area contributed by atoms with E-state index in [1.165, 1.54) is 7.11 Å². The maximum absolute atomic E-state index is 11.9. The molecule has 120 valence electrons. The third-order valence-electron chi connectivity index (χ3n) is 3.11. The molecule has 0 aliphatic rings. The largest absolute Gasteiger partial charge is 0.495 e. The number of methoxy groups -OCH3 is 1. The first kappa shape index (κ1) is 16.8. The molecular weight excluding hydrogens is 316 g/mol. The molecule has 0 saturated carbocycles. The van der Waals surface area contributed by atoms with Gasteiger partial charge in [0.15, 0.2) is 0 Å². The Bertz CT molecular complexity index is 689. The zero-order chi connectivity index (χ0) is 16.7. The van der Waals surface area contributed by atoms with E-state index in [-0.39, 0.29) is 24.8 Å². The monoisotopic (exact) mass is 332 g/mol. The van der Waals surface area contributed by atoms with Gasteiger partial charge in [0.2, 0.25) is 5.91 Å². The molecule has 0 unspecified atom stereocenters. The lowest BCUT2D eigenvalue weighted by Crippen LogP contribution is -2.27. The first-order valence-corrected chi connectivity index (χ1v) is 7.44. The van der Waals surface area contributed by atoms with Gasteiger partial charge in [-0.2, -0.15) is 0 Å². The smallest absolute Gasteiger partial charge is 0.251 e. The molecule has 2 aromatic carbocycles. The number of nitrogens with one attached hydrogen (secondary N) is 2. The number of anilines is 1. The number of hydrogen-bond donors (Lipinski definition) is 2. The molecule has 5 nitrogen and oxygen atoms in total. The van der Waals surface area contributed by atoms with E-state index in [4.69, 9.17) is 16.3 Å². The van der Waals surface area contributed by atoms with Gasteiger partial charge >= 0.3 is 0 Å². The van der Waals surface area contributed by atoms with Crippen LogP contribution in [-0.2, 0) is 4.79 Å². The number of ether oxygens (including phenoxy) is 1. The Balaban J connectivity index is 1.84. The van der Waals surface area contributed by atoms with Crippen LogP contribution < -0.4 is 15.4 Å². The molecule has 2 rings (SSSR count). The summed E-state index contributed by atoms with van der Waals surface area (Å²) in [5.41, 5.74) is 1.06. The van der Waals surface area contributed by atoms with Crippen LogP contribution in [0.4, 0.5) is 5.69 Å². The Morgan fingerprint density at radius 2 is 1.87 bits per heavy atom. The predicted molar refractivity (Wildman–Crippen MR) is 90.0 cm³/mol. The van der Waals surface area contributed by atoms with Crippen LogP contribution in [0, 0.1) is 0 Å². The number of benzene rings is 2. The lowest BCUT2D eigenvalue weighted by Gasteiger charge is -2.11. The van der Waals surface area contributed by atoms with Crippen molar-refractivity contribution < 1.29 is 14.3 Å². The summed E-state index contributed by atoms with van der Waals surface area (Å²) in [4.78, 5) is 23.8.